The van der Waals surface area contributed by atoms with Crippen molar-refractivity contribution in [2.24, 2.45) is 0 Å². The zero-order chi connectivity index (χ0) is 14.7. The number of fused-ring (bicyclic) bond motifs is 1. The van der Waals surface area contributed by atoms with E-state index in [9.17, 15) is 0 Å². The SMILES string of the molecule is CNc1nnc2c(NCc3ccccc3OC)nccn12. The van der Waals surface area contributed by atoms with Gasteiger partial charge in [-0.05, 0) is 6.07 Å². The molecule has 0 atom stereocenters. The lowest BCUT2D eigenvalue weighted by molar-refractivity contribution is 0.410. The molecule has 0 saturated carbocycles. The molecule has 7 nitrogen and oxygen atoms in total. The summed E-state index contributed by atoms with van der Waals surface area (Å²) in [6, 6.07) is 7.86. The number of ether oxygens (including phenoxy) is 1. The summed E-state index contributed by atoms with van der Waals surface area (Å²) in [5.41, 5.74) is 1.73. The number of para-hydroxylation sites is 1. The third-order valence-electron chi connectivity index (χ3n) is 3.19. The molecule has 0 radical (unpaired) electrons. The highest BCUT2D eigenvalue weighted by molar-refractivity contribution is 5.64. The van der Waals surface area contributed by atoms with Gasteiger partial charge in [-0.25, -0.2) is 4.98 Å². The Kier molecular flexibility index (Phi) is 3.55. The standard InChI is InChI=1S/C14H16N6O/c1-15-14-19-18-13-12(16-7-8-20(13)14)17-9-10-5-3-4-6-11(10)21-2/h3-8H,9H2,1-2H3,(H,15,19)(H,16,17). The van der Waals surface area contributed by atoms with Crippen molar-refractivity contribution in [2.45, 2.75) is 6.54 Å². The van der Waals surface area contributed by atoms with Crippen molar-refractivity contribution in [3.63, 3.8) is 0 Å². The monoisotopic (exact) mass is 284 g/mol. The molecule has 0 aliphatic rings. The Morgan fingerprint density at radius 3 is 2.90 bits per heavy atom. The number of hydrogen-bond acceptors (Lipinski definition) is 6. The van der Waals surface area contributed by atoms with E-state index in [-0.39, 0.29) is 0 Å². The van der Waals surface area contributed by atoms with Gasteiger partial charge in [-0.3, -0.25) is 4.40 Å². The average Bonchev–Trinajstić information content (AvgIpc) is 2.96. The Hall–Kier alpha value is -2.83. The van der Waals surface area contributed by atoms with E-state index in [0.29, 0.717) is 24.0 Å². The molecule has 7 heteroatoms. The fourth-order valence-corrected chi connectivity index (χ4v) is 2.15. The molecule has 0 amide bonds. The van der Waals surface area contributed by atoms with Crippen molar-refractivity contribution < 1.29 is 4.74 Å². The lowest BCUT2D eigenvalue weighted by atomic mass is 10.2. The minimum atomic E-state index is 0.596. The van der Waals surface area contributed by atoms with Crippen LogP contribution < -0.4 is 15.4 Å². The fourth-order valence-electron chi connectivity index (χ4n) is 2.15. The van der Waals surface area contributed by atoms with Crippen LogP contribution >= 0.6 is 0 Å². The summed E-state index contributed by atoms with van der Waals surface area (Å²) < 4.78 is 7.18. The smallest absolute Gasteiger partial charge is 0.228 e. The van der Waals surface area contributed by atoms with Crippen molar-refractivity contribution in [1.29, 1.82) is 0 Å². The van der Waals surface area contributed by atoms with Crippen molar-refractivity contribution in [3.05, 3.63) is 42.2 Å². The van der Waals surface area contributed by atoms with Crippen LogP contribution in [0, 0.1) is 0 Å². The predicted molar refractivity (Wildman–Crippen MR) is 80.6 cm³/mol. The van der Waals surface area contributed by atoms with E-state index in [0.717, 1.165) is 11.3 Å². The zero-order valence-electron chi connectivity index (χ0n) is 11.9. The van der Waals surface area contributed by atoms with Gasteiger partial charge in [0.1, 0.15) is 5.75 Å². The molecule has 2 N–H and O–H groups in total. The van der Waals surface area contributed by atoms with Crippen LogP contribution in [0.15, 0.2) is 36.7 Å². The van der Waals surface area contributed by atoms with Gasteiger partial charge in [0.2, 0.25) is 11.6 Å². The van der Waals surface area contributed by atoms with E-state index < -0.39 is 0 Å². The molecular formula is C14H16N6O. The van der Waals surface area contributed by atoms with Crippen LogP contribution in [0.5, 0.6) is 5.75 Å². The van der Waals surface area contributed by atoms with Gasteiger partial charge < -0.3 is 15.4 Å². The molecule has 3 rings (SSSR count). The minimum absolute atomic E-state index is 0.596. The largest absolute Gasteiger partial charge is 0.496 e. The van der Waals surface area contributed by atoms with Gasteiger partial charge >= 0.3 is 0 Å². The third kappa shape index (κ3) is 2.45. The van der Waals surface area contributed by atoms with Crippen LogP contribution in [0.4, 0.5) is 11.8 Å². The Balaban J connectivity index is 1.87. The van der Waals surface area contributed by atoms with Crippen LogP contribution in [-0.4, -0.2) is 33.7 Å². The number of rotatable bonds is 5. The molecule has 2 heterocycles. The average molecular weight is 284 g/mol. The number of nitrogens with zero attached hydrogens (tertiary/aromatic N) is 4. The van der Waals surface area contributed by atoms with E-state index in [4.69, 9.17) is 4.74 Å². The molecule has 0 spiro atoms. The number of nitrogens with one attached hydrogen (secondary N) is 2. The van der Waals surface area contributed by atoms with Gasteiger partial charge in [0.25, 0.3) is 0 Å². The molecule has 1 aromatic carbocycles. The number of aromatic nitrogens is 4. The summed E-state index contributed by atoms with van der Waals surface area (Å²) in [7, 11) is 3.47. The maximum atomic E-state index is 5.34. The highest BCUT2D eigenvalue weighted by Crippen LogP contribution is 2.20. The van der Waals surface area contributed by atoms with Crippen molar-refractivity contribution >= 4 is 17.4 Å². The van der Waals surface area contributed by atoms with Gasteiger partial charge in [0, 0.05) is 31.5 Å². The third-order valence-corrected chi connectivity index (χ3v) is 3.19. The quantitative estimate of drug-likeness (QED) is 0.744. The van der Waals surface area contributed by atoms with Gasteiger partial charge in [-0.2, -0.15) is 0 Å². The molecule has 2 aromatic heterocycles. The molecule has 108 valence electrons. The van der Waals surface area contributed by atoms with Gasteiger partial charge in [0.05, 0.1) is 7.11 Å². The van der Waals surface area contributed by atoms with Crippen LogP contribution in [0.1, 0.15) is 5.56 Å². The predicted octanol–water partition coefficient (Wildman–Crippen LogP) is 1.79. The molecule has 0 bridgehead atoms. The topological polar surface area (TPSA) is 76.4 Å². The van der Waals surface area contributed by atoms with Crippen LogP contribution in [0.2, 0.25) is 0 Å². The first-order chi connectivity index (χ1) is 10.3. The lowest BCUT2D eigenvalue weighted by Crippen LogP contribution is -2.05. The molecular weight excluding hydrogens is 268 g/mol. The van der Waals surface area contributed by atoms with Gasteiger partial charge in [-0.15, -0.1) is 10.2 Å². The summed E-state index contributed by atoms with van der Waals surface area (Å²) in [5.74, 6) is 2.19. The van der Waals surface area contributed by atoms with E-state index >= 15 is 0 Å². The Morgan fingerprint density at radius 2 is 2.10 bits per heavy atom. The molecule has 0 fully saturated rings. The normalized spacial score (nSPS) is 10.6. The summed E-state index contributed by atoms with van der Waals surface area (Å²) >= 11 is 0. The summed E-state index contributed by atoms with van der Waals surface area (Å²) in [4.78, 5) is 4.32. The van der Waals surface area contributed by atoms with Crippen molar-refractivity contribution in [1.82, 2.24) is 19.6 Å². The highest BCUT2D eigenvalue weighted by atomic mass is 16.5. The number of benzene rings is 1. The molecule has 3 aromatic rings. The first-order valence-electron chi connectivity index (χ1n) is 6.56. The molecule has 0 aliphatic carbocycles. The van der Waals surface area contributed by atoms with E-state index in [1.165, 1.54) is 0 Å². The summed E-state index contributed by atoms with van der Waals surface area (Å²) in [6.07, 6.45) is 3.53. The first kappa shape index (κ1) is 13.2. The second kappa shape index (κ2) is 5.66. The summed E-state index contributed by atoms with van der Waals surface area (Å²) in [5, 5.41) is 14.5. The first-order valence-corrected chi connectivity index (χ1v) is 6.56. The molecule has 21 heavy (non-hydrogen) atoms. The molecule has 0 saturated heterocycles. The number of methoxy groups -OCH3 is 1. The zero-order valence-corrected chi connectivity index (χ0v) is 11.9. The maximum Gasteiger partial charge on any atom is 0.228 e. The maximum absolute atomic E-state index is 5.34. The highest BCUT2D eigenvalue weighted by Gasteiger charge is 2.09. The van der Waals surface area contributed by atoms with Crippen LogP contribution in [-0.2, 0) is 6.54 Å². The molecule has 0 unspecified atom stereocenters. The van der Waals surface area contributed by atoms with E-state index in [2.05, 4.69) is 25.8 Å². The minimum Gasteiger partial charge on any atom is -0.496 e. The fraction of sp³-hybridized carbons (Fsp3) is 0.214. The Bertz CT molecular complexity index is 754. The van der Waals surface area contributed by atoms with Crippen LogP contribution in [0.25, 0.3) is 5.65 Å². The Labute approximate surface area is 122 Å². The van der Waals surface area contributed by atoms with Crippen molar-refractivity contribution in [3.8, 4) is 5.75 Å². The second-order valence-corrected chi connectivity index (χ2v) is 4.41. The molecule has 0 aliphatic heterocycles. The second-order valence-electron chi connectivity index (χ2n) is 4.41. The van der Waals surface area contributed by atoms with Crippen LogP contribution in [0.3, 0.4) is 0 Å². The van der Waals surface area contributed by atoms with E-state index in [1.807, 2.05) is 34.9 Å². The van der Waals surface area contributed by atoms with Gasteiger partial charge in [0.15, 0.2) is 5.82 Å². The Morgan fingerprint density at radius 1 is 1.24 bits per heavy atom. The number of anilines is 2. The lowest BCUT2D eigenvalue weighted by Gasteiger charge is -2.10. The number of hydrogen-bond donors (Lipinski definition) is 2. The summed E-state index contributed by atoms with van der Waals surface area (Å²) in [6.45, 7) is 0.596. The van der Waals surface area contributed by atoms with Crippen molar-refractivity contribution in [2.75, 3.05) is 24.8 Å². The van der Waals surface area contributed by atoms with Gasteiger partial charge in [-0.1, -0.05) is 18.2 Å². The van der Waals surface area contributed by atoms with E-state index in [1.54, 1.807) is 20.4 Å².